The van der Waals surface area contributed by atoms with E-state index in [1.54, 1.807) is 12.6 Å². The number of ether oxygens (including phenoxy) is 2. The third kappa shape index (κ3) is 4.05. The van der Waals surface area contributed by atoms with Crippen LogP contribution in [0, 0.1) is 0 Å². The van der Waals surface area contributed by atoms with E-state index in [0.29, 0.717) is 30.4 Å². The largest absolute Gasteiger partial charge is 0.445 e. The third-order valence-electron chi connectivity index (χ3n) is 6.59. The molecule has 0 atom stereocenters. The molecular formula is C24H26N6O3. The number of amides is 1. The molecule has 3 aromatic rings. The Morgan fingerprint density at radius 1 is 1.12 bits per heavy atom. The topological polar surface area (TPSA) is 95.6 Å². The molecule has 9 heteroatoms. The van der Waals surface area contributed by atoms with E-state index in [4.69, 9.17) is 14.5 Å². The van der Waals surface area contributed by atoms with Crippen molar-refractivity contribution in [2.24, 2.45) is 0 Å². The van der Waals surface area contributed by atoms with E-state index in [1.165, 1.54) is 5.69 Å². The van der Waals surface area contributed by atoms with Gasteiger partial charge in [0.25, 0.3) is 0 Å². The maximum absolute atomic E-state index is 11.4. The van der Waals surface area contributed by atoms with Crippen molar-refractivity contribution in [3.8, 4) is 17.1 Å². The molecule has 33 heavy (non-hydrogen) atoms. The molecule has 0 spiro atoms. The second-order valence-corrected chi connectivity index (χ2v) is 8.72. The number of H-pyrrole nitrogens is 1. The Bertz CT molecular complexity index is 1190. The summed E-state index contributed by atoms with van der Waals surface area (Å²) in [6.07, 6.45) is 3.60. The normalized spacial score (nSPS) is 20.9. The highest BCUT2D eigenvalue weighted by Crippen LogP contribution is 2.29. The van der Waals surface area contributed by atoms with Crippen LogP contribution in [-0.4, -0.2) is 77.7 Å². The summed E-state index contributed by atoms with van der Waals surface area (Å²) in [5.41, 5.74) is 5.46. The van der Waals surface area contributed by atoms with Crippen molar-refractivity contribution < 1.29 is 14.3 Å². The second kappa shape index (κ2) is 8.49. The first-order valence-electron chi connectivity index (χ1n) is 11.4. The van der Waals surface area contributed by atoms with Gasteiger partial charge in [0.2, 0.25) is 11.8 Å². The number of aromatic nitrogens is 3. The molecule has 5 heterocycles. The van der Waals surface area contributed by atoms with Crippen molar-refractivity contribution in [2.75, 3.05) is 50.8 Å². The molecule has 0 radical (unpaired) electrons. The van der Waals surface area contributed by atoms with Gasteiger partial charge >= 0.3 is 0 Å². The lowest BCUT2D eigenvalue weighted by Crippen LogP contribution is -2.56. The average molecular weight is 447 g/mol. The van der Waals surface area contributed by atoms with E-state index in [-0.39, 0.29) is 5.91 Å². The maximum Gasteiger partial charge on any atom is 0.247 e. The zero-order valence-corrected chi connectivity index (χ0v) is 18.3. The van der Waals surface area contributed by atoms with Gasteiger partial charge in [-0.2, -0.15) is 0 Å². The average Bonchev–Trinajstić information content (AvgIpc) is 3.45. The molecule has 0 saturated carbocycles. The van der Waals surface area contributed by atoms with Crippen LogP contribution >= 0.6 is 0 Å². The summed E-state index contributed by atoms with van der Waals surface area (Å²) >= 11 is 0. The molecule has 3 fully saturated rings. The lowest BCUT2D eigenvalue weighted by Gasteiger charge is -2.43. The van der Waals surface area contributed by atoms with Crippen molar-refractivity contribution in [3.05, 3.63) is 48.5 Å². The molecule has 1 aromatic carbocycles. The monoisotopic (exact) mass is 446 g/mol. The molecule has 6 rings (SSSR count). The van der Waals surface area contributed by atoms with Gasteiger partial charge in [-0.1, -0.05) is 12.1 Å². The minimum absolute atomic E-state index is 0.00929. The molecule has 0 aliphatic carbocycles. The lowest BCUT2D eigenvalue weighted by molar-refractivity contribution is -0.118. The number of rotatable bonds is 5. The zero-order chi connectivity index (χ0) is 22.2. The summed E-state index contributed by atoms with van der Waals surface area (Å²) in [5, 5.41) is 2.78. The Hall–Kier alpha value is -3.43. The smallest absolute Gasteiger partial charge is 0.247 e. The van der Waals surface area contributed by atoms with Gasteiger partial charge in [-0.15, -0.1) is 0 Å². The standard InChI is InChI=1S/C24H26N6O3/c31-22-9-16(11-25-22)12-33-24-23-21(26-15-27-23)10-20(28-24)17-1-3-18(4-2-17)29-5-7-30(8-6-29)19-13-32-14-19/h1-4,10,12,15,19H,5-9,11,13-14H2,(H,25,31)(H,26,27)/b16-12-. The fourth-order valence-corrected chi connectivity index (χ4v) is 4.53. The first-order valence-corrected chi connectivity index (χ1v) is 11.4. The van der Waals surface area contributed by atoms with Crippen LogP contribution in [0.2, 0.25) is 0 Å². The highest BCUT2D eigenvalue weighted by atomic mass is 16.5. The van der Waals surface area contributed by atoms with Crippen molar-refractivity contribution in [2.45, 2.75) is 12.5 Å². The van der Waals surface area contributed by atoms with Gasteiger partial charge in [-0.3, -0.25) is 9.69 Å². The number of hydrogen-bond acceptors (Lipinski definition) is 7. The molecule has 3 saturated heterocycles. The van der Waals surface area contributed by atoms with E-state index in [0.717, 1.165) is 61.7 Å². The summed E-state index contributed by atoms with van der Waals surface area (Å²) in [4.78, 5) is 28.6. The number of nitrogens with zero attached hydrogens (tertiary/aromatic N) is 4. The van der Waals surface area contributed by atoms with Gasteiger partial charge < -0.3 is 24.7 Å². The summed E-state index contributed by atoms with van der Waals surface area (Å²) < 4.78 is 11.2. The van der Waals surface area contributed by atoms with Crippen LogP contribution < -0.4 is 15.0 Å². The number of fused-ring (bicyclic) bond motifs is 1. The number of carbonyl (C=O) groups excluding carboxylic acids is 1. The predicted octanol–water partition coefficient (Wildman–Crippen LogP) is 1.93. The summed E-state index contributed by atoms with van der Waals surface area (Å²) in [6, 6.07) is 11.1. The summed E-state index contributed by atoms with van der Waals surface area (Å²) in [6.45, 7) is 6.46. The number of aromatic amines is 1. The van der Waals surface area contributed by atoms with Crippen LogP contribution in [0.25, 0.3) is 22.3 Å². The molecule has 1 amide bonds. The second-order valence-electron chi connectivity index (χ2n) is 8.72. The first-order chi connectivity index (χ1) is 16.2. The number of anilines is 1. The first kappa shape index (κ1) is 20.2. The van der Waals surface area contributed by atoms with E-state index in [9.17, 15) is 4.79 Å². The molecule has 2 N–H and O–H groups in total. The van der Waals surface area contributed by atoms with Gasteiger partial charge in [0.1, 0.15) is 0 Å². The Kier molecular flexibility index (Phi) is 5.20. The molecule has 0 bridgehead atoms. The molecular weight excluding hydrogens is 420 g/mol. The number of pyridine rings is 1. The number of carbonyl (C=O) groups is 1. The number of nitrogens with one attached hydrogen (secondary N) is 2. The fourth-order valence-electron chi connectivity index (χ4n) is 4.53. The van der Waals surface area contributed by atoms with Crippen molar-refractivity contribution in [1.82, 2.24) is 25.2 Å². The van der Waals surface area contributed by atoms with Crippen LogP contribution in [0.5, 0.6) is 5.88 Å². The van der Waals surface area contributed by atoms with Gasteiger partial charge in [0.05, 0.1) is 49.5 Å². The molecule has 170 valence electrons. The molecule has 3 aliphatic heterocycles. The van der Waals surface area contributed by atoms with Gasteiger partial charge in [0.15, 0.2) is 5.52 Å². The highest BCUT2D eigenvalue weighted by molar-refractivity contribution is 5.84. The van der Waals surface area contributed by atoms with E-state index < -0.39 is 0 Å². The van der Waals surface area contributed by atoms with Crippen LogP contribution in [0.15, 0.2) is 48.5 Å². The van der Waals surface area contributed by atoms with Crippen molar-refractivity contribution >= 4 is 22.6 Å². The number of benzene rings is 1. The minimum atomic E-state index is 0.00929. The Morgan fingerprint density at radius 2 is 1.94 bits per heavy atom. The SMILES string of the molecule is O=C1C/C(=C/Oc2nc(-c3ccc(N4CCN(C5COC5)CC4)cc3)cc3[nH]cnc23)CN1. The predicted molar refractivity (Wildman–Crippen MR) is 124 cm³/mol. The maximum atomic E-state index is 11.4. The van der Waals surface area contributed by atoms with Crippen molar-refractivity contribution in [1.29, 1.82) is 0 Å². The van der Waals surface area contributed by atoms with Gasteiger partial charge in [-0.05, 0) is 23.8 Å². The lowest BCUT2D eigenvalue weighted by atomic mass is 10.1. The summed E-state index contributed by atoms with van der Waals surface area (Å²) in [5.74, 6) is 0.436. The minimum Gasteiger partial charge on any atom is -0.445 e. The molecule has 2 aromatic heterocycles. The fraction of sp³-hybridized carbons (Fsp3) is 0.375. The Morgan fingerprint density at radius 3 is 2.64 bits per heavy atom. The Labute approximate surface area is 191 Å². The molecule has 9 nitrogen and oxygen atoms in total. The van der Waals surface area contributed by atoms with E-state index >= 15 is 0 Å². The quantitative estimate of drug-likeness (QED) is 0.578. The Balaban J connectivity index is 1.19. The van der Waals surface area contributed by atoms with Crippen molar-refractivity contribution in [3.63, 3.8) is 0 Å². The van der Waals surface area contributed by atoms with Gasteiger partial charge in [-0.25, -0.2) is 9.97 Å². The van der Waals surface area contributed by atoms with Crippen LogP contribution in [0.3, 0.4) is 0 Å². The summed E-state index contributed by atoms with van der Waals surface area (Å²) in [7, 11) is 0. The molecule has 3 aliphatic rings. The van der Waals surface area contributed by atoms with E-state index in [1.807, 2.05) is 6.07 Å². The van der Waals surface area contributed by atoms with Crippen LogP contribution in [0.1, 0.15) is 6.42 Å². The zero-order valence-electron chi connectivity index (χ0n) is 18.3. The number of piperazine rings is 1. The molecule has 0 unspecified atom stereocenters. The van der Waals surface area contributed by atoms with Gasteiger partial charge in [0, 0.05) is 44.0 Å². The third-order valence-corrected chi connectivity index (χ3v) is 6.59. The van der Waals surface area contributed by atoms with Crippen LogP contribution in [0.4, 0.5) is 5.69 Å². The van der Waals surface area contributed by atoms with E-state index in [2.05, 4.69) is 49.4 Å². The number of hydrogen-bond donors (Lipinski definition) is 2. The number of imidazole rings is 1. The van der Waals surface area contributed by atoms with Crippen LogP contribution in [-0.2, 0) is 9.53 Å². The highest BCUT2D eigenvalue weighted by Gasteiger charge is 2.28.